The molecule has 1 fully saturated rings. The summed E-state index contributed by atoms with van der Waals surface area (Å²) in [6.45, 7) is -1.78. The van der Waals surface area contributed by atoms with Crippen LogP contribution in [-0.4, -0.2) is 23.2 Å². The number of hydrogen-bond acceptors (Lipinski definition) is 4. The van der Waals surface area contributed by atoms with Crippen molar-refractivity contribution in [3.8, 4) is 5.75 Å². The van der Waals surface area contributed by atoms with E-state index in [9.17, 15) is 18.3 Å². The van der Waals surface area contributed by atoms with Gasteiger partial charge in [-0.25, -0.2) is 4.39 Å². The van der Waals surface area contributed by atoms with Gasteiger partial charge in [-0.15, -0.1) is 23.5 Å². The molecule has 27 heavy (non-hydrogen) atoms. The molecule has 1 heterocycles. The SMILES string of the molecule is Cc1cc(C(O)C2(c3cccc(CF)c3)SCCCS2)ccc1OC(F)F. The lowest BCUT2D eigenvalue weighted by atomic mass is 9.97. The first kappa shape index (κ1) is 20.4. The molecule has 1 aliphatic heterocycles. The molecule has 1 aliphatic rings. The molecule has 2 aromatic rings. The molecule has 7 heteroatoms. The molecule has 3 rings (SSSR count). The summed E-state index contributed by atoms with van der Waals surface area (Å²) in [4.78, 5) is 0. The van der Waals surface area contributed by atoms with Gasteiger partial charge in [-0.2, -0.15) is 8.78 Å². The Bertz CT molecular complexity index is 780. The molecule has 1 saturated heterocycles. The number of rotatable bonds is 6. The van der Waals surface area contributed by atoms with Crippen molar-refractivity contribution in [1.29, 1.82) is 0 Å². The van der Waals surface area contributed by atoms with Crippen molar-refractivity contribution in [2.75, 3.05) is 11.5 Å². The minimum absolute atomic E-state index is 0.0957. The number of aliphatic hydroxyl groups excluding tert-OH is 1. The maximum atomic E-state index is 13.2. The van der Waals surface area contributed by atoms with Gasteiger partial charge in [0.25, 0.3) is 0 Å². The van der Waals surface area contributed by atoms with Gasteiger partial charge in [0.1, 0.15) is 22.6 Å². The van der Waals surface area contributed by atoms with Crippen molar-refractivity contribution in [2.45, 2.75) is 36.8 Å². The van der Waals surface area contributed by atoms with Gasteiger partial charge in [-0.05, 0) is 59.2 Å². The molecule has 0 amide bonds. The highest BCUT2D eigenvalue weighted by Gasteiger charge is 2.43. The second kappa shape index (κ2) is 8.80. The maximum Gasteiger partial charge on any atom is 0.387 e. The number of ether oxygens (including phenoxy) is 1. The van der Waals surface area contributed by atoms with Crippen LogP contribution in [0, 0.1) is 6.92 Å². The predicted molar refractivity (Wildman–Crippen MR) is 105 cm³/mol. The highest BCUT2D eigenvalue weighted by atomic mass is 32.2. The zero-order chi connectivity index (χ0) is 19.4. The van der Waals surface area contributed by atoms with Crippen LogP contribution in [0.25, 0.3) is 0 Å². The van der Waals surface area contributed by atoms with Gasteiger partial charge in [0.2, 0.25) is 0 Å². The van der Waals surface area contributed by atoms with E-state index in [4.69, 9.17) is 0 Å². The Morgan fingerprint density at radius 1 is 1.15 bits per heavy atom. The smallest absolute Gasteiger partial charge is 0.387 e. The molecule has 1 atom stereocenters. The second-order valence-corrected chi connectivity index (χ2v) is 9.30. The third-order valence-corrected chi connectivity index (χ3v) is 7.96. The molecule has 0 aromatic heterocycles. The Hall–Kier alpha value is -1.31. The molecule has 0 saturated carbocycles. The molecule has 0 aliphatic carbocycles. The minimum atomic E-state index is -2.89. The third kappa shape index (κ3) is 4.41. The van der Waals surface area contributed by atoms with Crippen molar-refractivity contribution in [2.24, 2.45) is 0 Å². The first-order valence-electron chi connectivity index (χ1n) is 8.63. The van der Waals surface area contributed by atoms with Crippen LogP contribution in [0.2, 0.25) is 0 Å². The van der Waals surface area contributed by atoms with Crippen LogP contribution >= 0.6 is 23.5 Å². The quantitative estimate of drug-likeness (QED) is 0.645. The van der Waals surface area contributed by atoms with E-state index >= 15 is 0 Å². The summed E-state index contributed by atoms with van der Waals surface area (Å²) in [6.07, 6.45) is 0.161. The number of alkyl halides is 3. The number of thioether (sulfide) groups is 2. The predicted octanol–water partition coefficient (Wildman–Crippen LogP) is 5.82. The minimum Gasteiger partial charge on any atom is -0.435 e. The molecule has 1 unspecified atom stereocenters. The van der Waals surface area contributed by atoms with E-state index in [1.807, 2.05) is 6.07 Å². The molecular weight excluding hydrogens is 393 g/mol. The van der Waals surface area contributed by atoms with Gasteiger partial charge in [0.15, 0.2) is 0 Å². The van der Waals surface area contributed by atoms with Crippen LogP contribution < -0.4 is 4.74 Å². The standard InChI is InChI=1S/C20H21F3O2S2/c1-13-10-15(6-7-17(13)25-19(22)23)18(24)20(26-8-3-9-27-20)16-5-2-4-14(11-16)12-21/h2,4-7,10-11,18-19,24H,3,8-9,12H2,1H3. The average Bonchev–Trinajstić information content (AvgIpc) is 2.69. The Balaban J connectivity index is 1.99. The lowest BCUT2D eigenvalue weighted by molar-refractivity contribution is -0.0503. The Labute approximate surface area is 165 Å². The molecular formula is C20H21F3O2S2. The van der Waals surface area contributed by atoms with E-state index in [1.54, 1.807) is 60.8 Å². The molecule has 2 nitrogen and oxygen atoms in total. The second-order valence-electron chi connectivity index (χ2n) is 6.36. The van der Waals surface area contributed by atoms with Gasteiger partial charge < -0.3 is 9.84 Å². The summed E-state index contributed by atoms with van der Waals surface area (Å²) >= 11 is 3.29. The molecule has 1 N–H and O–H groups in total. The fourth-order valence-electron chi connectivity index (χ4n) is 3.19. The summed E-state index contributed by atoms with van der Waals surface area (Å²) < 4.78 is 42.0. The molecule has 0 radical (unpaired) electrons. The van der Waals surface area contributed by atoms with E-state index in [0.29, 0.717) is 16.7 Å². The van der Waals surface area contributed by atoms with Gasteiger partial charge in [0, 0.05) is 0 Å². The normalized spacial score (nSPS) is 17.7. The van der Waals surface area contributed by atoms with Gasteiger partial charge in [0.05, 0.1) is 0 Å². The number of benzene rings is 2. The zero-order valence-electron chi connectivity index (χ0n) is 14.8. The number of hydrogen-bond donors (Lipinski definition) is 1. The highest BCUT2D eigenvalue weighted by Crippen LogP contribution is 2.57. The highest BCUT2D eigenvalue weighted by molar-refractivity contribution is 8.18. The van der Waals surface area contributed by atoms with E-state index in [1.165, 1.54) is 6.07 Å². The average molecular weight is 415 g/mol. The van der Waals surface area contributed by atoms with Crippen molar-refractivity contribution in [1.82, 2.24) is 0 Å². The first-order valence-corrected chi connectivity index (χ1v) is 10.6. The van der Waals surface area contributed by atoms with Crippen LogP contribution in [0.1, 0.15) is 34.8 Å². The third-order valence-electron chi connectivity index (χ3n) is 4.50. The van der Waals surface area contributed by atoms with Gasteiger partial charge in [-0.1, -0.05) is 30.3 Å². The summed E-state index contributed by atoms with van der Waals surface area (Å²) in [5.74, 6) is 1.86. The fraction of sp³-hybridized carbons (Fsp3) is 0.400. The molecule has 0 spiro atoms. The van der Waals surface area contributed by atoms with Crippen LogP contribution in [0.4, 0.5) is 13.2 Å². The number of halogens is 3. The molecule has 0 bridgehead atoms. The van der Waals surface area contributed by atoms with E-state index in [0.717, 1.165) is 23.5 Å². The van der Waals surface area contributed by atoms with E-state index in [2.05, 4.69) is 4.74 Å². The lowest BCUT2D eigenvalue weighted by Crippen LogP contribution is -2.30. The van der Waals surface area contributed by atoms with Gasteiger partial charge >= 0.3 is 6.61 Å². The van der Waals surface area contributed by atoms with Crippen LogP contribution in [-0.2, 0) is 10.8 Å². The molecule has 2 aromatic carbocycles. The maximum absolute atomic E-state index is 13.2. The fourth-order valence-corrected chi connectivity index (χ4v) is 6.57. The Kier molecular flexibility index (Phi) is 6.65. The van der Waals surface area contributed by atoms with E-state index in [-0.39, 0.29) is 5.75 Å². The Morgan fingerprint density at radius 3 is 2.52 bits per heavy atom. The summed E-state index contributed by atoms with van der Waals surface area (Å²) in [5.41, 5.74) is 2.60. The lowest BCUT2D eigenvalue weighted by Gasteiger charge is -2.40. The van der Waals surface area contributed by atoms with E-state index < -0.39 is 23.5 Å². The molecule has 146 valence electrons. The van der Waals surface area contributed by atoms with Crippen LogP contribution in [0.3, 0.4) is 0 Å². The largest absolute Gasteiger partial charge is 0.435 e. The topological polar surface area (TPSA) is 29.5 Å². The summed E-state index contributed by atoms with van der Waals surface area (Å²) in [5, 5.41) is 11.3. The van der Waals surface area contributed by atoms with Gasteiger partial charge in [-0.3, -0.25) is 0 Å². The summed E-state index contributed by atoms with van der Waals surface area (Å²) in [6, 6.07) is 12.0. The number of aliphatic hydroxyl groups is 1. The van der Waals surface area contributed by atoms with Crippen molar-refractivity contribution >= 4 is 23.5 Å². The van der Waals surface area contributed by atoms with Crippen molar-refractivity contribution in [3.63, 3.8) is 0 Å². The van der Waals surface area contributed by atoms with Crippen LogP contribution in [0.5, 0.6) is 5.75 Å². The monoisotopic (exact) mass is 414 g/mol. The van der Waals surface area contributed by atoms with Crippen molar-refractivity contribution < 1.29 is 23.0 Å². The zero-order valence-corrected chi connectivity index (χ0v) is 16.5. The number of aryl methyl sites for hydroxylation is 1. The Morgan fingerprint density at radius 2 is 1.89 bits per heavy atom. The summed E-state index contributed by atoms with van der Waals surface area (Å²) in [7, 11) is 0. The first-order chi connectivity index (χ1) is 13.0. The van der Waals surface area contributed by atoms with Crippen LogP contribution in [0.15, 0.2) is 42.5 Å². The van der Waals surface area contributed by atoms with Crippen molar-refractivity contribution in [3.05, 3.63) is 64.7 Å².